The van der Waals surface area contributed by atoms with Gasteiger partial charge in [-0.3, -0.25) is 4.79 Å². The first-order valence-corrected chi connectivity index (χ1v) is 8.52. The molecular weight excluding hydrogens is 332 g/mol. The third-order valence-corrected chi connectivity index (χ3v) is 4.95. The molecule has 2 aliphatic heterocycles. The van der Waals surface area contributed by atoms with Gasteiger partial charge in [0.05, 0.1) is 0 Å². The van der Waals surface area contributed by atoms with Crippen molar-refractivity contribution in [3.05, 3.63) is 23.8 Å². The van der Waals surface area contributed by atoms with Crippen molar-refractivity contribution < 1.29 is 18.3 Å². The lowest BCUT2D eigenvalue weighted by Crippen LogP contribution is -2.43. The van der Waals surface area contributed by atoms with Crippen LogP contribution >= 0.6 is 0 Å². The molecule has 0 spiro atoms. The minimum atomic E-state index is -2.65. The standard InChI is InChI=1S/C16H19F2N5O2/c17-14(18)12-8-11(21-16-19-9-20-23(12)16)10-3-5-22(6-4-10)15(24)13-2-1-7-25-13/h8-10,13-14H,1-7H2. The SMILES string of the molecule is O=C(C1CCCO1)N1CCC(c2cc(C(F)F)n3ncnc3n2)CC1. The van der Waals surface area contributed by atoms with Gasteiger partial charge in [-0.2, -0.15) is 14.6 Å². The Morgan fingerprint density at radius 1 is 1.28 bits per heavy atom. The lowest BCUT2D eigenvalue weighted by atomic mass is 9.92. The van der Waals surface area contributed by atoms with Gasteiger partial charge in [0.25, 0.3) is 18.1 Å². The number of hydrogen-bond donors (Lipinski definition) is 0. The van der Waals surface area contributed by atoms with E-state index >= 15 is 0 Å². The Morgan fingerprint density at radius 3 is 2.76 bits per heavy atom. The van der Waals surface area contributed by atoms with E-state index in [1.54, 1.807) is 0 Å². The summed E-state index contributed by atoms with van der Waals surface area (Å²) in [5.41, 5.74) is 0.398. The molecule has 25 heavy (non-hydrogen) atoms. The fraction of sp³-hybridized carbons (Fsp3) is 0.625. The second kappa shape index (κ2) is 6.62. The minimum Gasteiger partial charge on any atom is -0.368 e. The highest BCUT2D eigenvalue weighted by molar-refractivity contribution is 5.81. The van der Waals surface area contributed by atoms with Gasteiger partial charge in [-0.1, -0.05) is 0 Å². The molecule has 9 heteroatoms. The number of aromatic nitrogens is 4. The quantitative estimate of drug-likeness (QED) is 0.845. The molecule has 2 aliphatic rings. The number of likely N-dealkylation sites (tertiary alicyclic amines) is 1. The van der Waals surface area contributed by atoms with Crippen LogP contribution in [0.4, 0.5) is 8.78 Å². The molecule has 2 fully saturated rings. The number of piperidine rings is 1. The molecule has 1 amide bonds. The molecule has 1 atom stereocenters. The number of fused-ring (bicyclic) bond motifs is 1. The van der Waals surface area contributed by atoms with Crippen LogP contribution in [0.25, 0.3) is 5.78 Å². The van der Waals surface area contributed by atoms with E-state index in [0.29, 0.717) is 38.2 Å². The van der Waals surface area contributed by atoms with Gasteiger partial charge in [0.2, 0.25) is 0 Å². The fourth-order valence-corrected chi connectivity index (χ4v) is 3.59. The van der Waals surface area contributed by atoms with Gasteiger partial charge in [-0.05, 0) is 31.7 Å². The van der Waals surface area contributed by atoms with Crippen LogP contribution in [0.1, 0.15) is 49.4 Å². The maximum absolute atomic E-state index is 13.3. The summed E-state index contributed by atoms with van der Waals surface area (Å²) in [5.74, 6) is 0.267. The number of rotatable bonds is 3. The highest BCUT2D eigenvalue weighted by Gasteiger charge is 2.32. The molecule has 0 N–H and O–H groups in total. The van der Waals surface area contributed by atoms with Gasteiger partial charge in [0, 0.05) is 31.3 Å². The Hall–Kier alpha value is -2.16. The van der Waals surface area contributed by atoms with Crippen molar-refractivity contribution >= 4 is 11.7 Å². The summed E-state index contributed by atoms with van der Waals surface area (Å²) >= 11 is 0. The zero-order valence-corrected chi connectivity index (χ0v) is 13.6. The number of amides is 1. The summed E-state index contributed by atoms with van der Waals surface area (Å²) in [6.45, 7) is 1.82. The summed E-state index contributed by atoms with van der Waals surface area (Å²) in [4.78, 5) is 22.5. The van der Waals surface area contributed by atoms with Crippen LogP contribution in [0.15, 0.2) is 12.4 Å². The molecule has 0 bridgehead atoms. The molecule has 4 heterocycles. The van der Waals surface area contributed by atoms with Crippen LogP contribution in [0, 0.1) is 0 Å². The zero-order chi connectivity index (χ0) is 17.4. The number of nitrogens with zero attached hydrogens (tertiary/aromatic N) is 5. The highest BCUT2D eigenvalue weighted by Crippen LogP contribution is 2.30. The Kier molecular flexibility index (Phi) is 4.32. The lowest BCUT2D eigenvalue weighted by Gasteiger charge is -2.33. The number of carbonyl (C=O) groups excluding carboxylic acids is 1. The summed E-state index contributed by atoms with van der Waals surface area (Å²) < 4.78 is 33.1. The number of ether oxygens (including phenoxy) is 1. The lowest BCUT2D eigenvalue weighted by molar-refractivity contribution is -0.142. The first-order valence-electron chi connectivity index (χ1n) is 8.52. The van der Waals surface area contributed by atoms with Gasteiger partial charge >= 0.3 is 0 Å². The minimum absolute atomic E-state index is 0.0350. The Labute approximate surface area is 143 Å². The predicted molar refractivity (Wildman–Crippen MR) is 83.3 cm³/mol. The van der Waals surface area contributed by atoms with Crippen molar-refractivity contribution in [3.8, 4) is 0 Å². The largest absolute Gasteiger partial charge is 0.368 e. The maximum Gasteiger partial charge on any atom is 0.280 e. The monoisotopic (exact) mass is 351 g/mol. The number of carbonyl (C=O) groups is 1. The van der Waals surface area contributed by atoms with E-state index in [1.165, 1.54) is 12.4 Å². The summed E-state index contributed by atoms with van der Waals surface area (Å²) in [5, 5.41) is 3.80. The van der Waals surface area contributed by atoms with Gasteiger partial charge < -0.3 is 9.64 Å². The molecule has 2 aromatic rings. The van der Waals surface area contributed by atoms with E-state index < -0.39 is 6.43 Å². The first kappa shape index (κ1) is 16.3. The van der Waals surface area contributed by atoms with E-state index in [2.05, 4.69) is 15.1 Å². The average Bonchev–Trinajstić information content (AvgIpc) is 3.31. The number of alkyl halides is 2. The zero-order valence-electron chi connectivity index (χ0n) is 13.6. The van der Waals surface area contributed by atoms with Gasteiger partial charge in [0.1, 0.15) is 18.1 Å². The molecule has 2 saturated heterocycles. The smallest absolute Gasteiger partial charge is 0.280 e. The fourth-order valence-electron chi connectivity index (χ4n) is 3.59. The molecule has 134 valence electrons. The van der Waals surface area contributed by atoms with Crippen LogP contribution in [0.5, 0.6) is 0 Å². The average molecular weight is 351 g/mol. The number of halogens is 2. The highest BCUT2D eigenvalue weighted by atomic mass is 19.3. The molecule has 4 rings (SSSR count). The molecule has 0 saturated carbocycles. The van der Waals surface area contributed by atoms with Crippen molar-refractivity contribution in [2.75, 3.05) is 19.7 Å². The van der Waals surface area contributed by atoms with Crippen molar-refractivity contribution in [3.63, 3.8) is 0 Å². The Bertz CT molecular complexity index is 767. The van der Waals surface area contributed by atoms with E-state index in [1.807, 2.05) is 4.90 Å². The number of hydrogen-bond acceptors (Lipinski definition) is 5. The Balaban J connectivity index is 1.49. The van der Waals surface area contributed by atoms with E-state index in [-0.39, 0.29) is 29.4 Å². The van der Waals surface area contributed by atoms with E-state index in [4.69, 9.17) is 4.74 Å². The van der Waals surface area contributed by atoms with Gasteiger partial charge in [-0.25, -0.2) is 13.8 Å². The molecule has 0 aliphatic carbocycles. The summed E-state index contributed by atoms with van der Waals surface area (Å²) in [6.07, 6.45) is 1.35. The third kappa shape index (κ3) is 3.08. The first-order chi connectivity index (χ1) is 12.1. The summed E-state index contributed by atoms with van der Waals surface area (Å²) in [6, 6.07) is 1.41. The third-order valence-electron chi connectivity index (χ3n) is 4.95. The van der Waals surface area contributed by atoms with Crippen LogP contribution in [-0.4, -0.2) is 56.2 Å². The molecular formula is C16H19F2N5O2. The predicted octanol–water partition coefficient (Wildman–Crippen LogP) is 1.95. The van der Waals surface area contributed by atoms with Crippen molar-refractivity contribution in [2.24, 2.45) is 0 Å². The van der Waals surface area contributed by atoms with E-state index in [9.17, 15) is 13.6 Å². The van der Waals surface area contributed by atoms with Crippen molar-refractivity contribution in [1.82, 2.24) is 24.5 Å². The van der Waals surface area contributed by atoms with Crippen LogP contribution in [0.2, 0.25) is 0 Å². The molecule has 0 aromatic carbocycles. The second-order valence-electron chi connectivity index (χ2n) is 6.48. The van der Waals surface area contributed by atoms with Crippen LogP contribution in [-0.2, 0) is 9.53 Å². The van der Waals surface area contributed by atoms with Gasteiger partial charge in [0.15, 0.2) is 0 Å². The molecule has 7 nitrogen and oxygen atoms in total. The van der Waals surface area contributed by atoms with Crippen molar-refractivity contribution in [2.45, 2.75) is 44.1 Å². The van der Waals surface area contributed by atoms with Crippen LogP contribution in [0.3, 0.4) is 0 Å². The second-order valence-corrected chi connectivity index (χ2v) is 6.48. The molecule has 1 unspecified atom stereocenters. The maximum atomic E-state index is 13.3. The van der Waals surface area contributed by atoms with E-state index in [0.717, 1.165) is 17.4 Å². The normalized spacial score (nSPS) is 22.2. The molecule has 0 radical (unpaired) electrons. The van der Waals surface area contributed by atoms with Crippen molar-refractivity contribution in [1.29, 1.82) is 0 Å². The van der Waals surface area contributed by atoms with Gasteiger partial charge in [-0.15, -0.1) is 0 Å². The van der Waals surface area contributed by atoms with Crippen LogP contribution < -0.4 is 0 Å². The Morgan fingerprint density at radius 2 is 2.08 bits per heavy atom. The summed E-state index contributed by atoms with van der Waals surface area (Å²) in [7, 11) is 0. The molecule has 2 aromatic heterocycles. The topological polar surface area (TPSA) is 72.6 Å².